The van der Waals surface area contributed by atoms with Crippen LogP contribution in [0.5, 0.6) is 0 Å². The maximum atomic E-state index is 14.0. The first-order valence-corrected chi connectivity index (χ1v) is 7.09. The SMILES string of the molecule is Fc1cccc(Cl)c1-c1nccn1CC1CCCC1. The Bertz CT molecular complexity index is 553. The van der Waals surface area contributed by atoms with E-state index in [1.807, 2.05) is 10.8 Å². The summed E-state index contributed by atoms with van der Waals surface area (Å²) in [6.07, 6.45) is 8.74. The summed E-state index contributed by atoms with van der Waals surface area (Å²) in [4.78, 5) is 4.29. The summed E-state index contributed by atoms with van der Waals surface area (Å²) >= 11 is 6.12. The first kappa shape index (κ1) is 12.7. The number of imidazole rings is 1. The first-order valence-electron chi connectivity index (χ1n) is 6.71. The molecule has 2 nitrogen and oxygen atoms in total. The Kier molecular flexibility index (Phi) is 3.56. The molecule has 19 heavy (non-hydrogen) atoms. The fraction of sp³-hybridized carbons (Fsp3) is 0.400. The molecule has 100 valence electrons. The van der Waals surface area contributed by atoms with Crippen molar-refractivity contribution in [3.8, 4) is 11.4 Å². The lowest BCUT2D eigenvalue weighted by Gasteiger charge is -2.14. The second kappa shape index (κ2) is 5.33. The molecule has 0 spiro atoms. The number of hydrogen-bond acceptors (Lipinski definition) is 1. The van der Waals surface area contributed by atoms with Crippen LogP contribution in [0, 0.1) is 11.7 Å². The third-order valence-corrected chi connectivity index (χ3v) is 4.15. The maximum Gasteiger partial charge on any atom is 0.144 e. The van der Waals surface area contributed by atoms with E-state index in [1.54, 1.807) is 18.3 Å². The predicted octanol–water partition coefficient (Wildman–Crippen LogP) is 4.53. The minimum absolute atomic E-state index is 0.314. The lowest BCUT2D eigenvalue weighted by molar-refractivity contribution is 0.459. The van der Waals surface area contributed by atoms with E-state index >= 15 is 0 Å². The van der Waals surface area contributed by atoms with Crippen molar-refractivity contribution in [2.45, 2.75) is 32.2 Å². The molecule has 2 aromatic rings. The molecule has 0 N–H and O–H groups in total. The van der Waals surface area contributed by atoms with Gasteiger partial charge in [-0.3, -0.25) is 0 Å². The Hall–Kier alpha value is -1.35. The van der Waals surface area contributed by atoms with Gasteiger partial charge in [0, 0.05) is 18.9 Å². The summed E-state index contributed by atoms with van der Waals surface area (Å²) in [6.45, 7) is 0.903. The summed E-state index contributed by atoms with van der Waals surface area (Å²) in [7, 11) is 0. The summed E-state index contributed by atoms with van der Waals surface area (Å²) in [5, 5.41) is 0.416. The monoisotopic (exact) mass is 278 g/mol. The number of aromatic nitrogens is 2. The fourth-order valence-corrected chi connectivity index (χ4v) is 3.11. The average molecular weight is 279 g/mol. The first-order chi connectivity index (χ1) is 9.25. The Balaban J connectivity index is 1.95. The van der Waals surface area contributed by atoms with Crippen LogP contribution in [0.2, 0.25) is 5.02 Å². The number of halogens is 2. The van der Waals surface area contributed by atoms with Crippen molar-refractivity contribution < 1.29 is 4.39 Å². The van der Waals surface area contributed by atoms with Gasteiger partial charge in [0.05, 0.1) is 10.6 Å². The summed E-state index contributed by atoms with van der Waals surface area (Å²) in [5.74, 6) is 1.000. The third-order valence-electron chi connectivity index (χ3n) is 3.83. The fourth-order valence-electron chi connectivity index (χ4n) is 2.87. The predicted molar refractivity (Wildman–Crippen MR) is 74.6 cm³/mol. The molecular weight excluding hydrogens is 263 g/mol. The molecule has 1 heterocycles. The average Bonchev–Trinajstić information content (AvgIpc) is 3.02. The number of nitrogens with zero attached hydrogens (tertiary/aromatic N) is 2. The summed E-state index contributed by atoms with van der Waals surface area (Å²) < 4.78 is 16.0. The highest BCUT2D eigenvalue weighted by atomic mass is 35.5. The van der Waals surface area contributed by atoms with Crippen molar-refractivity contribution in [3.63, 3.8) is 0 Å². The van der Waals surface area contributed by atoms with E-state index < -0.39 is 0 Å². The van der Waals surface area contributed by atoms with Gasteiger partial charge in [0.1, 0.15) is 11.6 Å². The molecule has 0 unspecified atom stereocenters. The van der Waals surface area contributed by atoms with Crippen LogP contribution in [-0.4, -0.2) is 9.55 Å². The Morgan fingerprint density at radius 3 is 2.84 bits per heavy atom. The summed E-state index contributed by atoms with van der Waals surface area (Å²) in [5.41, 5.74) is 0.409. The van der Waals surface area contributed by atoms with Crippen LogP contribution in [0.1, 0.15) is 25.7 Å². The molecule has 0 saturated heterocycles. The van der Waals surface area contributed by atoms with Gasteiger partial charge in [-0.25, -0.2) is 9.37 Å². The lowest BCUT2D eigenvalue weighted by atomic mass is 10.1. The van der Waals surface area contributed by atoms with Crippen molar-refractivity contribution in [2.75, 3.05) is 0 Å². The van der Waals surface area contributed by atoms with Gasteiger partial charge in [0.25, 0.3) is 0 Å². The molecule has 4 heteroatoms. The third kappa shape index (κ3) is 2.52. The second-order valence-corrected chi connectivity index (χ2v) is 5.56. The molecule has 0 bridgehead atoms. The summed E-state index contributed by atoms with van der Waals surface area (Å²) in [6, 6.07) is 4.75. The molecule has 0 aliphatic heterocycles. The molecule has 1 aromatic heterocycles. The minimum atomic E-state index is -0.314. The van der Waals surface area contributed by atoms with E-state index in [0.29, 0.717) is 22.3 Å². The molecular formula is C15H16ClFN2. The molecule has 1 fully saturated rings. The molecule has 0 radical (unpaired) electrons. The molecule has 1 aromatic carbocycles. The van der Waals surface area contributed by atoms with Crippen molar-refractivity contribution in [3.05, 3.63) is 41.4 Å². The molecule has 1 aliphatic rings. The highest BCUT2D eigenvalue weighted by Gasteiger charge is 2.19. The van der Waals surface area contributed by atoms with Crippen LogP contribution in [-0.2, 0) is 6.54 Å². The highest BCUT2D eigenvalue weighted by molar-refractivity contribution is 6.33. The highest BCUT2D eigenvalue weighted by Crippen LogP contribution is 2.32. The van der Waals surface area contributed by atoms with Crippen LogP contribution in [0.15, 0.2) is 30.6 Å². The largest absolute Gasteiger partial charge is 0.331 e. The Labute approximate surface area is 117 Å². The van der Waals surface area contributed by atoms with Gasteiger partial charge >= 0.3 is 0 Å². The van der Waals surface area contributed by atoms with Crippen molar-refractivity contribution >= 4 is 11.6 Å². The van der Waals surface area contributed by atoms with Gasteiger partial charge in [-0.2, -0.15) is 0 Å². The smallest absolute Gasteiger partial charge is 0.144 e. The zero-order chi connectivity index (χ0) is 13.2. The van der Waals surface area contributed by atoms with Crippen LogP contribution in [0.3, 0.4) is 0 Å². The van der Waals surface area contributed by atoms with Crippen LogP contribution in [0.25, 0.3) is 11.4 Å². The minimum Gasteiger partial charge on any atom is -0.331 e. The molecule has 3 rings (SSSR count). The van der Waals surface area contributed by atoms with Crippen molar-refractivity contribution in [2.24, 2.45) is 5.92 Å². The van der Waals surface area contributed by atoms with Gasteiger partial charge < -0.3 is 4.57 Å². The normalized spacial score (nSPS) is 16.1. The van der Waals surface area contributed by atoms with Gasteiger partial charge in [-0.15, -0.1) is 0 Å². The zero-order valence-corrected chi connectivity index (χ0v) is 11.4. The van der Waals surface area contributed by atoms with Crippen LogP contribution < -0.4 is 0 Å². The van der Waals surface area contributed by atoms with Gasteiger partial charge in [0.2, 0.25) is 0 Å². The maximum absolute atomic E-state index is 14.0. The standard InChI is InChI=1S/C15H16ClFN2/c16-12-6-3-7-13(17)14(12)15-18-8-9-19(15)10-11-4-1-2-5-11/h3,6-9,11H,1-2,4-5,10H2. The topological polar surface area (TPSA) is 17.8 Å². The quantitative estimate of drug-likeness (QED) is 0.806. The number of hydrogen-bond donors (Lipinski definition) is 0. The zero-order valence-electron chi connectivity index (χ0n) is 10.6. The van der Waals surface area contributed by atoms with Gasteiger partial charge in [0.15, 0.2) is 0 Å². The van der Waals surface area contributed by atoms with E-state index in [9.17, 15) is 4.39 Å². The second-order valence-electron chi connectivity index (χ2n) is 5.15. The molecule has 1 aliphatic carbocycles. The van der Waals surface area contributed by atoms with E-state index in [1.165, 1.54) is 31.7 Å². The van der Waals surface area contributed by atoms with Crippen molar-refractivity contribution in [1.82, 2.24) is 9.55 Å². The van der Waals surface area contributed by atoms with E-state index in [4.69, 9.17) is 11.6 Å². The molecule has 0 amide bonds. The van der Waals surface area contributed by atoms with E-state index in [0.717, 1.165) is 6.54 Å². The number of benzene rings is 1. The Morgan fingerprint density at radius 2 is 2.11 bits per heavy atom. The Morgan fingerprint density at radius 1 is 1.32 bits per heavy atom. The van der Waals surface area contributed by atoms with Crippen LogP contribution in [0.4, 0.5) is 4.39 Å². The lowest BCUT2D eigenvalue weighted by Crippen LogP contribution is -2.08. The van der Waals surface area contributed by atoms with E-state index in [-0.39, 0.29) is 5.82 Å². The number of rotatable bonds is 3. The van der Waals surface area contributed by atoms with Gasteiger partial charge in [-0.05, 0) is 30.9 Å². The van der Waals surface area contributed by atoms with Crippen LogP contribution >= 0.6 is 11.6 Å². The molecule has 1 saturated carbocycles. The van der Waals surface area contributed by atoms with Gasteiger partial charge in [-0.1, -0.05) is 30.5 Å². The van der Waals surface area contributed by atoms with E-state index in [2.05, 4.69) is 4.98 Å². The van der Waals surface area contributed by atoms with Crippen molar-refractivity contribution in [1.29, 1.82) is 0 Å². The molecule has 0 atom stereocenters.